The highest BCUT2D eigenvalue weighted by Crippen LogP contribution is 2.35. The van der Waals surface area contributed by atoms with Gasteiger partial charge in [0.25, 0.3) is 0 Å². The van der Waals surface area contributed by atoms with E-state index >= 15 is 0 Å². The van der Waals surface area contributed by atoms with Crippen LogP contribution in [0.1, 0.15) is 25.7 Å². The standard InChI is InChI=1S/C10H18N4S2/c1-14(2)9-12-13-10(16-9)15-8-6-4-3-5-7(8)11/h7-8H,3-6,11H2,1-2H3. The van der Waals surface area contributed by atoms with Crippen LogP contribution >= 0.6 is 23.1 Å². The lowest BCUT2D eigenvalue weighted by atomic mass is 9.96. The van der Waals surface area contributed by atoms with E-state index < -0.39 is 0 Å². The van der Waals surface area contributed by atoms with Crippen molar-refractivity contribution in [1.82, 2.24) is 10.2 Å². The van der Waals surface area contributed by atoms with Crippen LogP contribution in [0.15, 0.2) is 4.34 Å². The summed E-state index contributed by atoms with van der Waals surface area (Å²) in [6.45, 7) is 0. The van der Waals surface area contributed by atoms with Gasteiger partial charge < -0.3 is 10.6 Å². The zero-order chi connectivity index (χ0) is 11.5. The Balaban J connectivity index is 1.97. The molecule has 2 unspecified atom stereocenters. The largest absolute Gasteiger partial charge is 0.353 e. The van der Waals surface area contributed by atoms with Crippen molar-refractivity contribution in [2.24, 2.45) is 5.73 Å². The minimum Gasteiger partial charge on any atom is -0.353 e. The lowest BCUT2D eigenvalue weighted by Gasteiger charge is -2.26. The Kier molecular flexibility index (Phi) is 4.05. The number of rotatable bonds is 3. The molecule has 1 saturated carbocycles. The number of anilines is 1. The molecule has 1 aromatic heterocycles. The quantitative estimate of drug-likeness (QED) is 0.898. The third kappa shape index (κ3) is 2.87. The fraction of sp³-hybridized carbons (Fsp3) is 0.800. The average Bonchev–Trinajstić information content (AvgIpc) is 2.70. The molecular weight excluding hydrogens is 240 g/mol. The molecule has 0 amide bonds. The smallest absolute Gasteiger partial charge is 0.208 e. The topological polar surface area (TPSA) is 55.0 Å². The van der Waals surface area contributed by atoms with Crippen LogP contribution in [-0.4, -0.2) is 35.6 Å². The van der Waals surface area contributed by atoms with Crippen LogP contribution in [0.25, 0.3) is 0 Å². The molecule has 90 valence electrons. The second-order valence-corrected chi connectivity index (χ2v) is 6.79. The van der Waals surface area contributed by atoms with Gasteiger partial charge in [-0.15, -0.1) is 10.2 Å². The molecule has 1 heterocycles. The van der Waals surface area contributed by atoms with Gasteiger partial charge in [-0.05, 0) is 12.8 Å². The highest BCUT2D eigenvalue weighted by Gasteiger charge is 2.24. The minimum absolute atomic E-state index is 0.324. The van der Waals surface area contributed by atoms with Gasteiger partial charge in [0.15, 0.2) is 4.34 Å². The van der Waals surface area contributed by atoms with Crippen LogP contribution in [0.4, 0.5) is 5.13 Å². The average molecular weight is 258 g/mol. The fourth-order valence-corrected chi connectivity index (χ4v) is 4.06. The Morgan fingerprint density at radius 1 is 1.31 bits per heavy atom. The van der Waals surface area contributed by atoms with E-state index in [4.69, 9.17) is 5.73 Å². The molecule has 6 heteroatoms. The van der Waals surface area contributed by atoms with Crippen LogP contribution in [0, 0.1) is 0 Å². The molecule has 2 rings (SSSR count). The number of thioether (sulfide) groups is 1. The number of nitrogens with zero attached hydrogens (tertiary/aromatic N) is 3. The van der Waals surface area contributed by atoms with E-state index in [1.165, 1.54) is 19.3 Å². The van der Waals surface area contributed by atoms with Crippen molar-refractivity contribution in [3.63, 3.8) is 0 Å². The van der Waals surface area contributed by atoms with Gasteiger partial charge in [0.1, 0.15) is 0 Å². The minimum atomic E-state index is 0.324. The third-order valence-electron chi connectivity index (χ3n) is 2.78. The summed E-state index contributed by atoms with van der Waals surface area (Å²) in [5.41, 5.74) is 6.12. The number of hydrogen-bond donors (Lipinski definition) is 1. The molecule has 1 aliphatic rings. The molecule has 1 aromatic rings. The second kappa shape index (κ2) is 5.33. The third-order valence-corrected chi connectivity index (χ3v) is 5.38. The van der Waals surface area contributed by atoms with Gasteiger partial charge in [0.2, 0.25) is 5.13 Å². The maximum atomic E-state index is 6.12. The van der Waals surface area contributed by atoms with Crippen molar-refractivity contribution >= 4 is 28.2 Å². The van der Waals surface area contributed by atoms with E-state index in [9.17, 15) is 0 Å². The Morgan fingerprint density at radius 2 is 2.06 bits per heavy atom. The Bertz CT molecular complexity index is 339. The van der Waals surface area contributed by atoms with Gasteiger partial charge >= 0.3 is 0 Å². The summed E-state index contributed by atoms with van der Waals surface area (Å²) in [5.74, 6) is 0. The lowest BCUT2D eigenvalue weighted by molar-refractivity contribution is 0.453. The SMILES string of the molecule is CN(C)c1nnc(SC2CCCCC2N)s1. The molecule has 0 aromatic carbocycles. The summed E-state index contributed by atoms with van der Waals surface area (Å²) < 4.78 is 1.05. The van der Waals surface area contributed by atoms with Gasteiger partial charge in [-0.3, -0.25) is 0 Å². The molecule has 0 aliphatic heterocycles. The van der Waals surface area contributed by atoms with E-state index in [2.05, 4.69) is 10.2 Å². The van der Waals surface area contributed by atoms with Crippen molar-refractivity contribution in [2.75, 3.05) is 19.0 Å². The maximum Gasteiger partial charge on any atom is 0.208 e. The van der Waals surface area contributed by atoms with E-state index in [-0.39, 0.29) is 0 Å². The van der Waals surface area contributed by atoms with Crippen LogP contribution < -0.4 is 10.6 Å². The predicted octanol–water partition coefficient (Wildman–Crippen LogP) is 1.97. The molecule has 2 N–H and O–H groups in total. The molecule has 0 saturated heterocycles. The molecule has 1 fully saturated rings. The summed E-state index contributed by atoms with van der Waals surface area (Å²) >= 11 is 3.45. The zero-order valence-corrected chi connectivity index (χ0v) is 11.4. The first kappa shape index (κ1) is 12.1. The summed E-state index contributed by atoms with van der Waals surface area (Å²) in [7, 11) is 3.97. The Hall–Kier alpha value is -0.330. The van der Waals surface area contributed by atoms with Crippen molar-refractivity contribution < 1.29 is 0 Å². The van der Waals surface area contributed by atoms with Crippen molar-refractivity contribution in [1.29, 1.82) is 0 Å². The maximum absolute atomic E-state index is 6.12. The second-order valence-electron chi connectivity index (χ2n) is 4.35. The monoisotopic (exact) mass is 258 g/mol. The van der Waals surface area contributed by atoms with E-state index in [1.807, 2.05) is 19.0 Å². The van der Waals surface area contributed by atoms with E-state index in [0.29, 0.717) is 11.3 Å². The van der Waals surface area contributed by atoms with Gasteiger partial charge in [-0.1, -0.05) is 35.9 Å². The van der Waals surface area contributed by atoms with Gasteiger partial charge in [-0.2, -0.15) is 0 Å². The number of aromatic nitrogens is 2. The normalized spacial score (nSPS) is 25.7. The highest BCUT2D eigenvalue weighted by molar-refractivity contribution is 8.01. The van der Waals surface area contributed by atoms with Crippen LogP contribution in [-0.2, 0) is 0 Å². The Labute approximate surface area is 105 Å². The van der Waals surface area contributed by atoms with Crippen molar-refractivity contribution in [2.45, 2.75) is 41.3 Å². The molecular formula is C10H18N4S2. The molecule has 0 spiro atoms. The fourth-order valence-electron chi connectivity index (χ4n) is 1.83. The first-order valence-corrected chi connectivity index (χ1v) is 7.29. The van der Waals surface area contributed by atoms with Crippen molar-refractivity contribution in [3.05, 3.63) is 0 Å². The van der Waals surface area contributed by atoms with Crippen LogP contribution in [0.3, 0.4) is 0 Å². The summed E-state index contributed by atoms with van der Waals surface area (Å²) in [6, 6.07) is 0.324. The molecule has 0 radical (unpaired) electrons. The summed E-state index contributed by atoms with van der Waals surface area (Å²) in [5, 5.41) is 9.83. The molecule has 1 aliphatic carbocycles. The first-order valence-electron chi connectivity index (χ1n) is 5.60. The van der Waals surface area contributed by atoms with Crippen LogP contribution in [0.2, 0.25) is 0 Å². The zero-order valence-electron chi connectivity index (χ0n) is 9.72. The number of nitrogens with two attached hydrogens (primary N) is 1. The van der Waals surface area contributed by atoms with E-state index in [0.717, 1.165) is 15.9 Å². The highest BCUT2D eigenvalue weighted by atomic mass is 32.2. The summed E-state index contributed by atoms with van der Waals surface area (Å²) in [4.78, 5) is 1.99. The van der Waals surface area contributed by atoms with Crippen molar-refractivity contribution in [3.8, 4) is 0 Å². The van der Waals surface area contributed by atoms with E-state index in [1.54, 1.807) is 23.1 Å². The Morgan fingerprint density at radius 3 is 2.69 bits per heavy atom. The van der Waals surface area contributed by atoms with Crippen LogP contribution in [0.5, 0.6) is 0 Å². The number of hydrogen-bond acceptors (Lipinski definition) is 6. The summed E-state index contributed by atoms with van der Waals surface area (Å²) in [6.07, 6.45) is 4.93. The van der Waals surface area contributed by atoms with Gasteiger partial charge in [-0.25, -0.2) is 0 Å². The molecule has 4 nitrogen and oxygen atoms in total. The predicted molar refractivity (Wildman–Crippen MR) is 70.3 cm³/mol. The van der Waals surface area contributed by atoms with Gasteiger partial charge in [0, 0.05) is 25.4 Å². The molecule has 16 heavy (non-hydrogen) atoms. The van der Waals surface area contributed by atoms with Gasteiger partial charge in [0.05, 0.1) is 0 Å². The lowest BCUT2D eigenvalue weighted by Crippen LogP contribution is -2.35. The molecule has 0 bridgehead atoms. The first-order chi connectivity index (χ1) is 7.66. The molecule has 2 atom stereocenters.